The third-order valence-corrected chi connectivity index (χ3v) is 3.51. The lowest BCUT2D eigenvalue weighted by Crippen LogP contribution is -2.33. The van der Waals surface area contributed by atoms with Crippen molar-refractivity contribution in [2.24, 2.45) is 0 Å². The largest absolute Gasteiger partial charge is 0.323 e. The molecule has 0 bridgehead atoms. The van der Waals surface area contributed by atoms with Gasteiger partial charge in [-0.2, -0.15) is 0 Å². The van der Waals surface area contributed by atoms with E-state index >= 15 is 0 Å². The highest BCUT2D eigenvalue weighted by Gasteiger charge is 2.33. The minimum atomic E-state index is 0.194. The summed E-state index contributed by atoms with van der Waals surface area (Å²) >= 11 is 0. The van der Waals surface area contributed by atoms with Crippen molar-refractivity contribution in [3.05, 3.63) is 35.9 Å². The smallest absolute Gasteiger partial charge is 0.320 e. The number of nitrogens with zero attached hydrogens (tertiary/aromatic N) is 2. The van der Waals surface area contributed by atoms with E-state index in [1.165, 1.54) is 5.56 Å². The van der Waals surface area contributed by atoms with Crippen LogP contribution < -0.4 is 0 Å². The van der Waals surface area contributed by atoms with Crippen LogP contribution in [0.25, 0.3) is 0 Å². The molecule has 0 unspecified atom stereocenters. The molecule has 0 aromatic heterocycles. The maximum atomic E-state index is 12.3. The van der Waals surface area contributed by atoms with Crippen LogP contribution in [0.15, 0.2) is 30.3 Å². The molecule has 3 nitrogen and oxygen atoms in total. The molecule has 1 heterocycles. The zero-order chi connectivity index (χ0) is 13.0. The molecule has 0 N–H and O–H groups in total. The van der Waals surface area contributed by atoms with Crippen LogP contribution in [0.1, 0.15) is 32.3 Å². The second-order valence-corrected chi connectivity index (χ2v) is 5.04. The van der Waals surface area contributed by atoms with Crippen LogP contribution in [-0.4, -0.2) is 35.0 Å². The maximum Gasteiger partial charge on any atom is 0.320 e. The molecule has 1 aromatic carbocycles. The fourth-order valence-electron chi connectivity index (χ4n) is 2.41. The molecule has 1 atom stereocenters. The van der Waals surface area contributed by atoms with Gasteiger partial charge in [0.1, 0.15) is 0 Å². The van der Waals surface area contributed by atoms with Gasteiger partial charge >= 0.3 is 6.03 Å². The summed E-state index contributed by atoms with van der Waals surface area (Å²) in [4.78, 5) is 16.2. The molecule has 1 aromatic rings. The Hall–Kier alpha value is -1.51. The molecule has 18 heavy (non-hydrogen) atoms. The molecule has 98 valence electrons. The molecule has 0 aliphatic carbocycles. The average Bonchev–Trinajstić information content (AvgIpc) is 2.65. The lowest BCUT2D eigenvalue weighted by molar-refractivity contribution is 0.185. The Morgan fingerprint density at radius 2 is 2.00 bits per heavy atom. The Labute approximate surface area is 109 Å². The van der Waals surface area contributed by atoms with Gasteiger partial charge in [-0.1, -0.05) is 43.7 Å². The summed E-state index contributed by atoms with van der Waals surface area (Å²) in [6, 6.07) is 10.7. The van der Waals surface area contributed by atoms with E-state index < -0.39 is 0 Å². The van der Waals surface area contributed by atoms with Crippen LogP contribution in [-0.2, 0) is 6.54 Å². The first-order valence-corrected chi connectivity index (χ1v) is 6.82. The molecule has 0 radical (unpaired) electrons. The molecule has 0 saturated carbocycles. The normalized spacial score (nSPS) is 19.7. The van der Waals surface area contributed by atoms with Gasteiger partial charge in [-0.05, 0) is 18.9 Å². The van der Waals surface area contributed by atoms with E-state index in [2.05, 4.69) is 26.0 Å². The Balaban J connectivity index is 1.99. The van der Waals surface area contributed by atoms with Crippen molar-refractivity contribution < 1.29 is 4.79 Å². The highest BCUT2D eigenvalue weighted by Crippen LogP contribution is 2.19. The van der Waals surface area contributed by atoms with Crippen molar-refractivity contribution >= 4 is 6.03 Å². The molecule has 1 saturated heterocycles. The van der Waals surface area contributed by atoms with Crippen molar-refractivity contribution in [2.75, 3.05) is 13.1 Å². The van der Waals surface area contributed by atoms with Gasteiger partial charge in [-0.3, -0.25) is 0 Å². The molecule has 1 fully saturated rings. The average molecular weight is 246 g/mol. The van der Waals surface area contributed by atoms with E-state index in [1.807, 2.05) is 28.0 Å². The van der Waals surface area contributed by atoms with Gasteiger partial charge in [0, 0.05) is 25.7 Å². The van der Waals surface area contributed by atoms with Gasteiger partial charge in [0.05, 0.1) is 0 Å². The Morgan fingerprint density at radius 3 is 2.67 bits per heavy atom. The van der Waals surface area contributed by atoms with Crippen molar-refractivity contribution in [2.45, 2.75) is 39.3 Å². The van der Waals surface area contributed by atoms with E-state index in [0.717, 1.165) is 32.5 Å². The molecule has 2 amide bonds. The number of rotatable bonds is 5. The predicted molar refractivity (Wildman–Crippen MR) is 73.3 cm³/mol. The van der Waals surface area contributed by atoms with Crippen LogP contribution in [0, 0.1) is 0 Å². The Bertz CT molecular complexity index is 391. The fraction of sp³-hybridized carbons (Fsp3) is 0.533. The van der Waals surface area contributed by atoms with E-state index in [0.29, 0.717) is 6.04 Å². The van der Waals surface area contributed by atoms with E-state index in [4.69, 9.17) is 0 Å². The highest BCUT2D eigenvalue weighted by molar-refractivity contribution is 5.77. The monoisotopic (exact) mass is 246 g/mol. The van der Waals surface area contributed by atoms with E-state index in [1.54, 1.807) is 0 Å². The SMILES string of the molecule is CCCCN1C[C@@H](C)N(Cc2ccccc2)C1=O. The number of hydrogen-bond donors (Lipinski definition) is 0. The molecule has 1 aliphatic heterocycles. The van der Waals surface area contributed by atoms with Crippen LogP contribution in [0.2, 0.25) is 0 Å². The number of urea groups is 1. The Kier molecular flexibility index (Phi) is 4.24. The summed E-state index contributed by atoms with van der Waals surface area (Å²) in [5.41, 5.74) is 1.20. The highest BCUT2D eigenvalue weighted by atomic mass is 16.2. The standard InChI is InChI=1S/C15H22N2O/c1-3-4-10-16-11-13(2)17(15(16)18)12-14-8-6-5-7-9-14/h5-9,13H,3-4,10-12H2,1-2H3/t13-/m1/s1. The minimum absolute atomic E-state index is 0.194. The number of carbonyl (C=O) groups is 1. The summed E-state index contributed by atoms with van der Waals surface area (Å²) in [6.45, 7) is 6.78. The lowest BCUT2D eigenvalue weighted by Gasteiger charge is -2.20. The first-order chi connectivity index (χ1) is 8.72. The molecular formula is C15H22N2O. The summed E-state index contributed by atoms with van der Waals surface area (Å²) in [5, 5.41) is 0. The van der Waals surface area contributed by atoms with Crippen LogP contribution >= 0.6 is 0 Å². The van der Waals surface area contributed by atoms with Crippen molar-refractivity contribution in [1.29, 1.82) is 0 Å². The number of hydrogen-bond acceptors (Lipinski definition) is 1. The number of benzene rings is 1. The minimum Gasteiger partial charge on any atom is -0.323 e. The predicted octanol–water partition coefficient (Wildman–Crippen LogP) is 3.11. The second kappa shape index (κ2) is 5.89. The molecular weight excluding hydrogens is 224 g/mol. The number of amides is 2. The fourth-order valence-corrected chi connectivity index (χ4v) is 2.41. The molecule has 2 rings (SSSR count). The molecule has 1 aliphatic rings. The van der Waals surface area contributed by atoms with Crippen LogP contribution in [0.3, 0.4) is 0 Å². The van der Waals surface area contributed by atoms with Gasteiger partial charge in [-0.25, -0.2) is 4.79 Å². The summed E-state index contributed by atoms with van der Waals surface area (Å²) in [5.74, 6) is 0. The van der Waals surface area contributed by atoms with Crippen LogP contribution in [0.4, 0.5) is 4.79 Å². The Morgan fingerprint density at radius 1 is 1.28 bits per heavy atom. The lowest BCUT2D eigenvalue weighted by atomic mass is 10.2. The molecule has 0 spiro atoms. The van der Waals surface area contributed by atoms with Crippen molar-refractivity contribution in [3.63, 3.8) is 0 Å². The third-order valence-electron chi connectivity index (χ3n) is 3.51. The quantitative estimate of drug-likeness (QED) is 0.783. The number of carbonyl (C=O) groups excluding carboxylic acids is 1. The van der Waals surface area contributed by atoms with Crippen LogP contribution in [0.5, 0.6) is 0 Å². The molecule has 3 heteroatoms. The van der Waals surface area contributed by atoms with Crippen molar-refractivity contribution in [3.8, 4) is 0 Å². The van der Waals surface area contributed by atoms with Gasteiger partial charge in [0.2, 0.25) is 0 Å². The first-order valence-electron chi connectivity index (χ1n) is 6.82. The van der Waals surface area contributed by atoms with Gasteiger partial charge in [0.15, 0.2) is 0 Å². The first kappa shape index (κ1) is 12.9. The maximum absolute atomic E-state index is 12.3. The topological polar surface area (TPSA) is 23.6 Å². The summed E-state index contributed by atoms with van der Waals surface area (Å²) in [7, 11) is 0. The van der Waals surface area contributed by atoms with Crippen molar-refractivity contribution in [1.82, 2.24) is 9.80 Å². The summed E-state index contributed by atoms with van der Waals surface area (Å²) in [6.07, 6.45) is 2.23. The number of unbranched alkanes of at least 4 members (excludes halogenated alkanes) is 1. The second-order valence-electron chi connectivity index (χ2n) is 5.04. The third kappa shape index (κ3) is 2.84. The zero-order valence-electron chi connectivity index (χ0n) is 11.3. The summed E-state index contributed by atoms with van der Waals surface area (Å²) < 4.78 is 0. The van der Waals surface area contributed by atoms with Gasteiger partial charge in [-0.15, -0.1) is 0 Å². The van der Waals surface area contributed by atoms with Gasteiger partial charge < -0.3 is 9.80 Å². The van der Waals surface area contributed by atoms with Gasteiger partial charge in [0.25, 0.3) is 0 Å². The van der Waals surface area contributed by atoms with E-state index in [9.17, 15) is 4.79 Å². The zero-order valence-corrected chi connectivity index (χ0v) is 11.3. The van der Waals surface area contributed by atoms with E-state index in [-0.39, 0.29) is 6.03 Å².